The normalized spacial score (nSPS) is 21.6. The van der Waals surface area contributed by atoms with Crippen LogP contribution < -0.4 is 5.73 Å². The van der Waals surface area contributed by atoms with Gasteiger partial charge in [-0.3, -0.25) is 4.79 Å². The van der Waals surface area contributed by atoms with Crippen molar-refractivity contribution in [2.24, 2.45) is 11.7 Å². The van der Waals surface area contributed by atoms with Crippen LogP contribution in [-0.2, 0) is 0 Å². The van der Waals surface area contributed by atoms with E-state index in [0.717, 1.165) is 29.8 Å². The van der Waals surface area contributed by atoms with Crippen LogP contribution in [0.1, 0.15) is 34.3 Å². The molecule has 1 aliphatic carbocycles. The lowest BCUT2D eigenvalue weighted by molar-refractivity contribution is 0.0349. The lowest BCUT2D eigenvalue weighted by atomic mass is 9.84. The number of rotatable bonds is 2. The van der Waals surface area contributed by atoms with Gasteiger partial charge in [0.25, 0.3) is 5.91 Å². The molecule has 1 aromatic rings. The van der Waals surface area contributed by atoms with Crippen molar-refractivity contribution in [1.82, 2.24) is 4.90 Å². The Morgan fingerprint density at radius 2 is 1.83 bits per heavy atom. The molecule has 1 amide bonds. The number of nitrogens with two attached hydrogens (primary N) is 1. The van der Waals surface area contributed by atoms with Crippen LogP contribution in [0, 0.1) is 19.8 Å². The molecule has 1 saturated carbocycles. The van der Waals surface area contributed by atoms with E-state index in [9.17, 15) is 4.79 Å². The first-order valence-electron chi connectivity index (χ1n) is 6.66. The van der Waals surface area contributed by atoms with Gasteiger partial charge in [-0.15, -0.1) is 0 Å². The van der Waals surface area contributed by atoms with Gasteiger partial charge in [-0.1, -0.05) is 18.2 Å². The van der Waals surface area contributed by atoms with E-state index in [2.05, 4.69) is 0 Å². The highest BCUT2D eigenvalue weighted by atomic mass is 16.2. The van der Waals surface area contributed by atoms with Crippen molar-refractivity contribution in [2.45, 2.75) is 32.2 Å². The van der Waals surface area contributed by atoms with E-state index in [1.165, 1.54) is 12.8 Å². The topological polar surface area (TPSA) is 46.3 Å². The molecule has 1 saturated heterocycles. The molecular weight excluding hydrogens is 224 g/mol. The first kappa shape index (κ1) is 11.7. The molecule has 18 heavy (non-hydrogen) atoms. The first-order valence-corrected chi connectivity index (χ1v) is 6.66. The maximum atomic E-state index is 12.5. The van der Waals surface area contributed by atoms with Crippen LogP contribution in [0.2, 0.25) is 0 Å². The summed E-state index contributed by atoms with van der Waals surface area (Å²) in [6.07, 6.45) is 2.48. The summed E-state index contributed by atoms with van der Waals surface area (Å²) in [4.78, 5) is 14.4. The average molecular weight is 244 g/mol. The van der Waals surface area contributed by atoms with Gasteiger partial charge in [0.2, 0.25) is 0 Å². The van der Waals surface area contributed by atoms with Gasteiger partial charge >= 0.3 is 0 Å². The summed E-state index contributed by atoms with van der Waals surface area (Å²) in [6.45, 7) is 5.45. The van der Waals surface area contributed by atoms with Gasteiger partial charge in [0.15, 0.2) is 0 Å². The van der Waals surface area contributed by atoms with Crippen molar-refractivity contribution < 1.29 is 4.79 Å². The molecule has 0 atom stereocenters. The fourth-order valence-corrected chi connectivity index (χ4v) is 3.03. The Balaban J connectivity index is 1.76. The highest BCUT2D eigenvalue weighted by Gasteiger charge is 2.51. The van der Waals surface area contributed by atoms with E-state index < -0.39 is 0 Å². The molecule has 0 spiro atoms. The fraction of sp³-hybridized carbons (Fsp3) is 0.533. The third-order valence-electron chi connectivity index (χ3n) is 4.34. The van der Waals surface area contributed by atoms with Crippen molar-refractivity contribution in [1.29, 1.82) is 0 Å². The number of carbonyl (C=O) groups is 1. The molecule has 0 aromatic heterocycles. The lowest BCUT2D eigenvalue weighted by Crippen LogP contribution is -2.69. The molecule has 2 N–H and O–H groups in total. The van der Waals surface area contributed by atoms with Gasteiger partial charge in [0, 0.05) is 18.7 Å². The van der Waals surface area contributed by atoms with Gasteiger partial charge < -0.3 is 10.6 Å². The molecule has 1 aromatic carbocycles. The van der Waals surface area contributed by atoms with Crippen LogP contribution in [0.25, 0.3) is 0 Å². The van der Waals surface area contributed by atoms with Crippen molar-refractivity contribution in [3.8, 4) is 0 Å². The van der Waals surface area contributed by atoms with E-state index in [4.69, 9.17) is 5.73 Å². The molecule has 0 bridgehead atoms. The zero-order valence-electron chi connectivity index (χ0n) is 11.1. The van der Waals surface area contributed by atoms with Crippen LogP contribution in [0.15, 0.2) is 18.2 Å². The third kappa shape index (κ3) is 1.74. The number of carbonyl (C=O) groups excluding carboxylic acids is 1. The first-order chi connectivity index (χ1) is 8.51. The second-order valence-electron chi connectivity index (χ2n) is 5.94. The van der Waals surface area contributed by atoms with Crippen molar-refractivity contribution in [3.05, 3.63) is 34.9 Å². The highest BCUT2D eigenvalue weighted by molar-refractivity contribution is 5.97. The number of aryl methyl sites for hydroxylation is 2. The number of hydrogen-bond donors (Lipinski definition) is 1. The Labute approximate surface area is 108 Å². The van der Waals surface area contributed by atoms with Gasteiger partial charge in [0.1, 0.15) is 0 Å². The van der Waals surface area contributed by atoms with E-state index in [1.807, 2.05) is 36.9 Å². The number of benzene rings is 1. The predicted octanol–water partition coefficient (Wildman–Crippen LogP) is 1.87. The summed E-state index contributed by atoms with van der Waals surface area (Å²) in [5, 5.41) is 0. The second-order valence-corrected chi connectivity index (χ2v) is 5.94. The maximum absolute atomic E-state index is 12.5. The largest absolute Gasteiger partial charge is 0.335 e. The van der Waals surface area contributed by atoms with Crippen LogP contribution in [-0.4, -0.2) is 29.4 Å². The van der Waals surface area contributed by atoms with Crippen molar-refractivity contribution in [3.63, 3.8) is 0 Å². The molecule has 3 heteroatoms. The number of hydrogen-bond acceptors (Lipinski definition) is 2. The van der Waals surface area contributed by atoms with E-state index in [1.54, 1.807) is 0 Å². The van der Waals surface area contributed by atoms with Crippen molar-refractivity contribution >= 4 is 5.91 Å². The molecular formula is C15H20N2O. The molecule has 2 aliphatic rings. The summed E-state index contributed by atoms with van der Waals surface area (Å²) >= 11 is 0. The molecule has 3 rings (SSSR count). The number of nitrogens with zero attached hydrogens (tertiary/aromatic N) is 1. The molecule has 0 unspecified atom stereocenters. The van der Waals surface area contributed by atoms with Crippen LogP contribution in [0.3, 0.4) is 0 Å². The smallest absolute Gasteiger partial charge is 0.254 e. The Morgan fingerprint density at radius 1 is 1.28 bits per heavy atom. The number of likely N-dealkylation sites (tertiary alicyclic amines) is 1. The molecule has 0 radical (unpaired) electrons. The molecule has 3 nitrogen and oxygen atoms in total. The minimum absolute atomic E-state index is 0.0910. The monoisotopic (exact) mass is 244 g/mol. The molecule has 1 aliphatic heterocycles. The van der Waals surface area contributed by atoms with Gasteiger partial charge in [-0.25, -0.2) is 0 Å². The minimum Gasteiger partial charge on any atom is -0.335 e. The Kier molecular flexibility index (Phi) is 2.49. The van der Waals surface area contributed by atoms with Gasteiger partial charge in [0.05, 0.1) is 5.54 Å². The van der Waals surface area contributed by atoms with Crippen molar-refractivity contribution in [2.75, 3.05) is 13.1 Å². The van der Waals surface area contributed by atoms with E-state index >= 15 is 0 Å². The zero-order valence-corrected chi connectivity index (χ0v) is 11.1. The zero-order chi connectivity index (χ0) is 12.9. The molecule has 2 fully saturated rings. The fourth-order valence-electron chi connectivity index (χ4n) is 3.03. The Morgan fingerprint density at radius 3 is 2.33 bits per heavy atom. The molecule has 96 valence electrons. The van der Waals surface area contributed by atoms with Gasteiger partial charge in [-0.05, 0) is 43.7 Å². The van der Waals surface area contributed by atoms with E-state index in [0.29, 0.717) is 5.92 Å². The number of amides is 1. The molecule has 1 heterocycles. The second kappa shape index (κ2) is 3.82. The predicted molar refractivity (Wildman–Crippen MR) is 71.5 cm³/mol. The van der Waals surface area contributed by atoms with E-state index in [-0.39, 0.29) is 11.4 Å². The summed E-state index contributed by atoms with van der Waals surface area (Å²) in [7, 11) is 0. The maximum Gasteiger partial charge on any atom is 0.254 e. The Hall–Kier alpha value is -1.35. The quantitative estimate of drug-likeness (QED) is 0.863. The highest BCUT2D eigenvalue weighted by Crippen LogP contribution is 2.43. The van der Waals surface area contributed by atoms with Crippen LogP contribution in [0.5, 0.6) is 0 Å². The van der Waals surface area contributed by atoms with Crippen LogP contribution >= 0.6 is 0 Å². The third-order valence-corrected chi connectivity index (χ3v) is 4.34. The summed E-state index contributed by atoms with van der Waals surface area (Å²) in [5.74, 6) is 0.798. The summed E-state index contributed by atoms with van der Waals surface area (Å²) in [6, 6.07) is 5.99. The standard InChI is InChI=1S/C15H20N2O/c1-10-4-3-5-11(2)13(10)14(18)17-8-15(16,9-17)12-6-7-12/h3-5,12H,6-9,16H2,1-2H3. The van der Waals surface area contributed by atoms with Gasteiger partial charge in [-0.2, -0.15) is 0 Å². The van der Waals surface area contributed by atoms with Crippen LogP contribution in [0.4, 0.5) is 0 Å². The lowest BCUT2D eigenvalue weighted by Gasteiger charge is -2.48. The SMILES string of the molecule is Cc1cccc(C)c1C(=O)N1CC(N)(C2CC2)C1. The minimum atomic E-state index is -0.0910. The summed E-state index contributed by atoms with van der Waals surface area (Å²) in [5.41, 5.74) is 9.18. The average Bonchev–Trinajstić information content (AvgIpc) is 3.08. The summed E-state index contributed by atoms with van der Waals surface area (Å²) < 4.78 is 0. The Bertz CT molecular complexity index is 479.